The first-order valence-electron chi connectivity index (χ1n) is 41.9. The van der Waals surface area contributed by atoms with Gasteiger partial charge in [-0.1, -0.05) is 92.7 Å². The summed E-state index contributed by atoms with van der Waals surface area (Å²) in [6.07, 6.45) is -1.10. The zero-order valence-electron chi connectivity index (χ0n) is 71.9. The average molecular weight is 1830 g/mol. The number of nitrogens with one attached hydrogen (secondary N) is 17. The second-order valence-corrected chi connectivity index (χ2v) is 32.0. The van der Waals surface area contributed by atoms with E-state index in [1.54, 1.807) is 98.9 Å². The number of carbonyl (C=O) groups excluding carboxylic acids is 18. The topological polar surface area (TPSA) is 690 Å². The summed E-state index contributed by atoms with van der Waals surface area (Å²) < 4.78 is 0. The van der Waals surface area contributed by atoms with Gasteiger partial charge in [-0.2, -0.15) is 25.3 Å². The molecule has 0 saturated heterocycles. The number of rotatable bonds is 56. The average Bonchev–Trinajstić information content (AvgIpc) is 1.73. The monoisotopic (exact) mass is 1830 g/mol. The van der Waals surface area contributed by atoms with E-state index in [0.717, 1.165) is 13.8 Å². The highest BCUT2D eigenvalue weighted by atomic mass is 32.1. The van der Waals surface area contributed by atoms with E-state index in [1.807, 2.05) is 0 Å². The maximum Gasteiger partial charge on any atom is 0.312 e. The summed E-state index contributed by atoms with van der Waals surface area (Å²) >= 11 is 8.49. The van der Waals surface area contributed by atoms with Crippen LogP contribution in [-0.2, 0) is 107 Å². The number of thiol groups is 2. The van der Waals surface area contributed by atoms with Crippen molar-refractivity contribution in [2.75, 3.05) is 37.7 Å². The number of aromatic nitrogens is 2. The van der Waals surface area contributed by atoms with Gasteiger partial charge in [0.15, 0.2) is 0 Å². The molecular formula is C85H118N22O20S2. The van der Waals surface area contributed by atoms with E-state index in [0.29, 0.717) is 63.4 Å². The van der Waals surface area contributed by atoms with Crippen LogP contribution in [0.2, 0.25) is 0 Å². The van der Waals surface area contributed by atoms with Gasteiger partial charge in [-0.05, 0) is 117 Å². The Hall–Kier alpha value is -13.4. The fourth-order valence-corrected chi connectivity index (χ4v) is 14.2. The molecule has 0 saturated carbocycles. The fourth-order valence-electron chi connectivity index (χ4n) is 13.6. The molecule has 129 heavy (non-hydrogen) atoms. The van der Waals surface area contributed by atoms with Crippen molar-refractivity contribution in [2.45, 2.75) is 203 Å². The molecule has 44 heteroatoms. The number of amides is 19. The summed E-state index contributed by atoms with van der Waals surface area (Å²) in [5, 5.41) is 60.8. The molecule has 0 aliphatic carbocycles. The van der Waals surface area contributed by atoms with Crippen molar-refractivity contribution in [3.8, 4) is 5.75 Å². The van der Waals surface area contributed by atoms with Crippen LogP contribution in [-0.4, -0.2) is 243 Å². The first-order chi connectivity index (χ1) is 61.4. The van der Waals surface area contributed by atoms with Crippen molar-refractivity contribution in [2.24, 2.45) is 34.6 Å². The number of para-hydroxylation sites is 2. The number of H-pyrrole nitrogens is 2. The van der Waals surface area contributed by atoms with Crippen LogP contribution in [0.3, 0.4) is 0 Å². The van der Waals surface area contributed by atoms with Crippen molar-refractivity contribution in [1.82, 2.24) is 89.7 Å². The van der Waals surface area contributed by atoms with Gasteiger partial charge in [0.2, 0.25) is 100 Å². The molecule has 0 aliphatic heterocycles. The Morgan fingerprint density at radius 3 is 1.27 bits per heavy atom. The molecule has 0 bridgehead atoms. The summed E-state index contributed by atoms with van der Waals surface area (Å²) in [6.45, 7) is 5.18. The standard InChI is InChI=1S/C85H118N22O20S2/c1-45(2)35-61(78(120)102-62(36-48-15-6-5-7-16-48)74(116)95-42-71(114)91-34-31-70(113)97-57(73(89)115)21-12-13-32-86)101-75(117)58(22-14-33-92-85(90)127)98-80(122)64(38-50-40-93-55-19-10-8-17-53(50)55)104-79(121)63(37-49-23-25-52(110)26-24-49)103-83(125)67(44-129)106-76(118)59(27-29-68(87)111)99-81(123)65(39-51-41-94-56-20-11-9-18-54(51)56)105-84(126)72(46(3)108)107-77(119)60(28-30-69(88)112)100-82(124)66(43-128)96-47(4)109/h5-11,15-20,23-26,40-41,45-46,57-67,72,93-94,108,110,128-129H,12-14,21-22,27-39,42-44,86H2,1-4H3,(H2,87,111)(H2,88,112)(H2,89,115)(H,91,114)(H,95,116)(H,96,109)(H,97,113)(H,98,122)(H,99,123)(H,100,124)(H,101,117)(H,102,120)(H,103,125)(H,104,121)(H,105,126)(H,106,118)(H,107,119)(H3,90,92,127)/t46-,57-,58+,59+,60+,61-,62+,63+,64+,65+,66+,67+,72+/m1/s1. The van der Waals surface area contributed by atoms with E-state index in [4.69, 9.17) is 28.7 Å². The first-order valence-corrected chi connectivity index (χ1v) is 43.2. The number of carbonyl (C=O) groups is 18. The number of fused-ring (bicyclic) bond motifs is 2. The lowest BCUT2D eigenvalue weighted by Gasteiger charge is -2.29. The predicted octanol–water partition coefficient (Wildman–Crippen LogP) is -4.03. The Morgan fingerprint density at radius 1 is 0.388 bits per heavy atom. The third kappa shape index (κ3) is 35.8. The van der Waals surface area contributed by atoms with Crippen molar-refractivity contribution < 1.29 is 96.5 Å². The third-order valence-electron chi connectivity index (χ3n) is 20.4. The van der Waals surface area contributed by atoms with Crippen LogP contribution in [0, 0.1) is 5.92 Å². The number of aromatic hydroxyl groups is 1. The minimum Gasteiger partial charge on any atom is -0.508 e. The molecule has 6 aromatic rings. The van der Waals surface area contributed by atoms with Crippen LogP contribution in [0.1, 0.15) is 121 Å². The minimum absolute atomic E-state index is 0.0366. The molecule has 0 unspecified atom stereocenters. The Bertz CT molecular complexity index is 4880. The highest BCUT2D eigenvalue weighted by Crippen LogP contribution is 2.23. The zero-order valence-corrected chi connectivity index (χ0v) is 73.7. The number of phenolic OH excluding ortho intramolecular Hbond substituents is 1. The summed E-state index contributed by atoms with van der Waals surface area (Å²) in [5.41, 5.74) is 30.4. The molecule has 0 aliphatic rings. The number of primary amides is 4. The first kappa shape index (κ1) is 104. The quantitative estimate of drug-likeness (QED) is 0.0128. The second-order valence-electron chi connectivity index (χ2n) is 31.3. The van der Waals surface area contributed by atoms with Gasteiger partial charge < -0.3 is 129 Å². The number of hydrogen-bond donors (Lipinski definition) is 26. The number of benzene rings is 4. The molecular weight excluding hydrogens is 1710 g/mol. The number of nitrogens with two attached hydrogens (primary N) is 5. The summed E-state index contributed by atoms with van der Waals surface area (Å²) in [6, 6.07) is 7.97. The molecule has 0 spiro atoms. The summed E-state index contributed by atoms with van der Waals surface area (Å²) in [5.74, 6) is -17.1. The molecule has 2 aromatic heterocycles. The van der Waals surface area contributed by atoms with Crippen molar-refractivity contribution in [3.63, 3.8) is 0 Å². The van der Waals surface area contributed by atoms with Gasteiger partial charge in [-0.25, -0.2) is 4.79 Å². The van der Waals surface area contributed by atoms with E-state index in [9.17, 15) is 82.1 Å². The highest BCUT2D eigenvalue weighted by molar-refractivity contribution is 7.80. The van der Waals surface area contributed by atoms with Crippen molar-refractivity contribution in [1.29, 1.82) is 0 Å². The van der Waals surface area contributed by atoms with Crippen LogP contribution >= 0.6 is 25.3 Å². The van der Waals surface area contributed by atoms with Gasteiger partial charge in [0, 0.05) is 111 Å². The molecule has 2 heterocycles. The molecule has 4 aromatic carbocycles. The molecule has 6 rings (SSSR count). The number of aliphatic hydroxyl groups excluding tert-OH is 1. The largest absolute Gasteiger partial charge is 0.508 e. The number of aromatic amines is 2. The number of urea groups is 1. The van der Waals surface area contributed by atoms with E-state index < -0.39 is 229 Å². The molecule has 42 nitrogen and oxygen atoms in total. The van der Waals surface area contributed by atoms with E-state index in [-0.39, 0.29) is 81.9 Å². The Labute approximate surface area is 754 Å². The summed E-state index contributed by atoms with van der Waals surface area (Å²) in [7, 11) is 0. The van der Waals surface area contributed by atoms with E-state index in [1.165, 1.54) is 30.5 Å². The van der Waals surface area contributed by atoms with Crippen LogP contribution in [0.5, 0.6) is 5.75 Å². The lowest BCUT2D eigenvalue weighted by Crippen LogP contribution is -2.62. The lowest BCUT2D eigenvalue weighted by atomic mass is 9.99. The molecule has 0 radical (unpaired) electrons. The van der Waals surface area contributed by atoms with Crippen LogP contribution in [0.25, 0.3) is 21.8 Å². The molecule has 19 amide bonds. The number of hydrogen-bond acceptors (Lipinski definition) is 23. The normalized spacial score (nSPS) is 14.1. The number of phenols is 1. The van der Waals surface area contributed by atoms with Gasteiger partial charge >= 0.3 is 6.03 Å². The molecule has 700 valence electrons. The Balaban J connectivity index is 1.28. The van der Waals surface area contributed by atoms with Crippen LogP contribution < -0.4 is 108 Å². The van der Waals surface area contributed by atoms with Gasteiger partial charge in [-0.15, -0.1) is 0 Å². The summed E-state index contributed by atoms with van der Waals surface area (Å²) in [4.78, 5) is 254. The Kier molecular flexibility index (Phi) is 43.2. The van der Waals surface area contributed by atoms with Gasteiger partial charge in [0.05, 0.1) is 12.6 Å². The van der Waals surface area contributed by atoms with Gasteiger partial charge in [0.1, 0.15) is 78.3 Å². The predicted molar refractivity (Wildman–Crippen MR) is 480 cm³/mol. The van der Waals surface area contributed by atoms with Crippen LogP contribution in [0.15, 0.2) is 116 Å². The van der Waals surface area contributed by atoms with Crippen molar-refractivity contribution in [3.05, 3.63) is 138 Å². The number of unbranched alkanes of at least 4 members (excludes halogenated alkanes) is 1. The molecule has 13 atom stereocenters. The van der Waals surface area contributed by atoms with Crippen molar-refractivity contribution >= 4 is 154 Å². The third-order valence-corrected chi connectivity index (χ3v) is 21.2. The van der Waals surface area contributed by atoms with Crippen LogP contribution in [0.4, 0.5) is 4.79 Å². The maximum absolute atomic E-state index is 15.4. The van der Waals surface area contributed by atoms with E-state index >= 15 is 14.4 Å². The Morgan fingerprint density at radius 2 is 0.798 bits per heavy atom. The molecule has 29 N–H and O–H groups in total. The molecule has 0 fully saturated rings. The highest BCUT2D eigenvalue weighted by Gasteiger charge is 2.39. The van der Waals surface area contributed by atoms with E-state index in [2.05, 4.69) is 115 Å². The number of aliphatic hydroxyl groups is 1. The SMILES string of the molecule is CC(=O)N[C@@H](CS)C(=O)N[C@@H](CCC(N)=O)C(=O)N[C@H](C(=O)N[C@@H](Cc1c[nH]c2ccccc12)C(=O)N[C@@H](CCC(N)=O)C(=O)N[C@@H](CS)C(=O)N[C@@H](Cc1ccc(O)cc1)C(=O)N[C@@H](Cc1c[nH]c2ccccc12)C(=O)N[C@@H](CCCNC(N)=O)C(=O)N[C@H](CC(C)C)C(=O)N[C@@H](Cc1ccccc1)C(=O)NCC(=O)NCCC(=O)N[C@H](CCCCN)C(N)=O)[C@@H](C)O. The minimum atomic E-state index is -1.92. The smallest absolute Gasteiger partial charge is 0.312 e. The van der Waals surface area contributed by atoms with Gasteiger partial charge in [0.25, 0.3) is 0 Å². The maximum atomic E-state index is 15.4. The van der Waals surface area contributed by atoms with Gasteiger partial charge in [-0.3, -0.25) is 81.5 Å². The zero-order chi connectivity index (χ0) is 95.0. The lowest BCUT2D eigenvalue weighted by molar-refractivity contribution is -0.137. The fraction of sp³-hybridized carbons (Fsp3) is 0.459. The second kappa shape index (κ2) is 53.3.